The summed E-state index contributed by atoms with van der Waals surface area (Å²) in [6, 6.07) is 10.3. The highest BCUT2D eigenvalue weighted by Gasteiger charge is 2.18. The van der Waals surface area contributed by atoms with Crippen molar-refractivity contribution in [1.82, 2.24) is 9.97 Å². The lowest BCUT2D eigenvalue weighted by Gasteiger charge is -2.19. The number of hydrogen-bond donors (Lipinski definition) is 0. The Morgan fingerprint density at radius 1 is 1.13 bits per heavy atom. The van der Waals surface area contributed by atoms with Crippen molar-refractivity contribution in [3.8, 4) is 11.3 Å². The maximum Gasteiger partial charge on any atom is 0.226 e. The second kappa shape index (κ2) is 9.79. The van der Waals surface area contributed by atoms with Crippen molar-refractivity contribution in [1.29, 1.82) is 0 Å². The molecule has 160 valence electrons. The molecule has 0 unspecified atom stereocenters. The van der Waals surface area contributed by atoms with Crippen LogP contribution in [-0.2, 0) is 11.2 Å². The lowest BCUT2D eigenvalue weighted by atomic mass is 10.0. The maximum absolute atomic E-state index is 14.9. The van der Waals surface area contributed by atoms with Gasteiger partial charge >= 0.3 is 0 Å². The van der Waals surface area contributed by atoms with Gasteiger partial charge in [-0.1, -0.05) is 30.7 Å². The standard InChI is InChI=1S/C24H23ClFN3O2/c1-4-22(31)29(3)20-11-9-18(15(2)23(20)26)19-10-7-17(14-28-19)21(30)12-8-16-6-5-13-27-24(16)25/h5-7,9-11,13-14H,4,8,12H2,1-3H3. The van der Waals surface area contributed by atoms with Gasteiger partial charge in [-0.2, -0.15) is 0 Å². The van der Waals surface area contributed by atoms with Crippen LogP contribution < -0.4 is 4.90 Å². The predicted molar refractivity (Wildman–Crippen MR) is 120 cm³/mol. The van der Waals surface area contributed by atoms with E-state index < -0.39 is 5.82 Å². The molecular weight excluding hydrogens is 417 g/mol. The second-order valence-corrected chi connectivity index (χ2v) is 7.54. The quantitative estimate of drug-likeness (QED) is 0.363. The van der Waals surface area contributed by atoms with Gasteiger partial charge in [0.25, 0.3) is 0 Å². The molecule has 1 amide bonds. The van der Waals surface area contributed by atoms with E-state index in [2.05, 4.69) is 9.97 Å². The van der Waals surface area contributed by atoms with Crippen LogP contribution in [0.5, 0.6) is 0 Å². The Morgan fingerprint density at radius 2 is 1.90 bits per heavy atom. The molecule has 0 radical (unpaired) electrons. The van der Waals surface area contributed by atoms with Crippen molar-refractivity contribution < 1.29 is 14.0 Å². The summed E-state index contributed by atoms with van der Waals surface area (Å²) in [5.74, 6) is -0.686. The van der Waals surface area contributed by atoms with Crippen LogP contribution in [0.15, 0.2) is 48.8 Å². The molecule has 0 aliphatic heterocycles. The number of ketones is 1. The molecule has 2 heterocycles. The molecule has 0 saturated heterocycles. The molecule has 0 fully saturated rings. The van der Waals surface area contributed by atoms with Crippen LogP contribution in [0.2, 0.25) is 5.15 Å². The normalized spacial score (nSPS) is 10.7. The molecular formula is C24H23ClFN3O2. The smallest absolute Gasteiger partial charge is 0.226 e. The first-order valence-corrected chi connectivity index (χ1v) is 10.4. The van der Waals surface area contributed by atoms with Crippen molar-refractivity contribution in [3.05, 3.63) is 76.5 Å². The molecule has 0 aliphatic carbocycles. The fourth-order valence-electron chi connectivity index (χ4n) is 3.30. The number of nitrogens with zero attached hydrogens (tertiary/aromatic N) is 3. The van der Waals surface area contributed by atoms with Gasteiger partial charge in [0.15, 0.2) is 5.78 Å². The summed E-state index contributed by atoms with van der Waals surface area (Å²) in [6.07, 6.45) is 4.17. The zero-order valence-electron chi connectivity index (χ0n) is 17.7. The van der Waals surface area contributed by atoms with Gasteiger partial charge in [-0.25, -0.2) is 9.37 Å². The number of anilines is 1. The number of aromatic nitrogens is 2. The first kappa shape index (κ1) is 22.6. The molecule has 0 spiro atoms. The van der Waals surface area contributed by atoms with Crippen molar-refractivity contribution in [3.63, 3.8) is 0 Å². The minimum atomic E-state index is -0.461. The summed E-state index contributed by atoms with van der Waals surface area (Å²) in [7, 11) is 1.56. The molecule has 3 rings (SSSR count). The van der Waals surface area contributed by atoms with Crippen LogP contribution in [0.4, 0.5) is 10.1 Å². The third-order valence-corrected chi connectivity index (χ3v) is 5.56. The largest absolute Gasteiger partial charge is 0.313 e. The van der Waals surface area contributed by atoms with Gasteiger partial charge in [-0.3, -0.25) is 14.6 Å². The summed E-state index contributed by atoms with van der Waals surface area (Å²) >= 11 is 6.04. The van der Waals surface area contributed by atoms with E-state index in [4.69, 9.17) is 11.6 Å². The minimum Gasteiger partial charge on any atom is -0.313 e. The van der Waals surface area contributed by atoms with Gasteiger partial charge in [0, 0.05) is 43.4 Å². The molecule has 1 aromatic carbocycles. The summed E-state index contributed by atoms with van der Waals surface area (Å²) in [6.45, 7) is 3.38. The highest BCUT2D eigenvalue weighted by atomic mass is 35.5. The SMILES string of the molecule is CCC(=O)N(C)c1ccc(-c2ccc(C(=O)CCc3cccnc3Cl)cn2)c(C)c1F. The van der Waals surface area contributed by atoms with Crippen molar-refractivity contribution >= 4 is 29.0 Å². The number of carbonyl (C=O) groups is 2. The van der Waals surface area contributed by atoms with Crippen LogP contribution in [0.3, 0.4) is 0 Å². The highest BCUT2D eigenvalue weighted by Crippen LogP contribution is 2.30. The third kappa shape index (κ3) is 4.97. The number of Topliss-reactive ketones (excluding diaryl/α,β-unsaturated/α-hetero) is 1. The molecule has 0 N–H and O–H groups in total. The van der Waals surface area contributed by atoms with Gasteiger partial charge < -0.3 is 4.90 Å². The van der Waals surface area contributed by atoms with E-state index in [1.54, 1.807) is 57.4 Å². The van der Waals surface area contributed by atoms with Gasteiger partial charge in [0.05, 0.1) is 11.4 Å². The summed E-state index contributed by atoms with van der Waals surface area (Å²) < 4.78 is 14.9. The molecule has 7 heteroatoms. The predicted octanol–water partition coefficient (Wildman–Crippen LogP) is 5.43. The van der Waals surface area contributed by atoms with Crippen molar-refractivity contribution in [2.45, 2.75) is 33.1 Å². The van der Waals surface area contributed by atoms with Crippen LogP contribution >= 0.6 is 11.6 Å². The van der Waals surface area contributed by atoms with E-state index in [0.29, 0.717) is 40.4 Å². The van der Waals surface area contributed by atoms with E-state index in [1.165, 1.54) is 11.1 Å². The van der Waals surface area contributed by atoms with Crippen molar-refractivity contribution in [2.75, 3.05) is 11.9 Å². The number of halogens is 2. The zero-order valence-corrected chi connectivity index (χ0v) is 18.4. The Balaban J connectivity index is 1.76. The van der Waals surface area contributed by atoms with E-state index in [9.17, 15) is 14.0 Å². The summed E-state index contributed by atoms with van der Waals surface area (Å²) in [5, 5.41) is 0.399. The Bertz CT molecular complexity index is 1120. The van der Waals surface area contributed by atoms with Crippen LogP contribution in [0, 0.1) is 12.7 Å². The molecule has 0 aliphatic rings. The molecule has 0 atom stereocenters. The first-order chi connectivity index (χ1) is 14.8. The molecule has 0 bridgehead atoms. The maximum atomic E-state index is 14.9. The second-order valence-electron chi connectivity index (χ2n) is 7.19. The Morgan fingerprint density at radius 3 is 2.55 bits per heavy atom. The number of amides is 1. The minimum absolute atomic E-state index is 0.0584. The fourth-order valence-corrected chi connectivity index (χ4v) is 3.51. The highest BCUT2D eigenvalue weighted by molar-refractivity contribution is 6.30. The molecule has 5 nitrogen and oxygen atoms in total. The third-order valence-electron chi connectivity index (χ3n) is 5.22. The topological polar surface area (TPSA) is 63.2 Å². The van der Waals surface area contributed by atoms with Crippen LogP contribution in [0.25, 0.3) is 11.3 Å². The van der Waals surface area contributed by atoms with Gasteiger partial charge in [0.2, 0.25) is 5.91 Å². The van der Waals surface area contributed by atoms with Crippen LogP contribution in [0.1, 0.15) is 41.3 Å². The number of pyridine rings is 2. The van der Waals surface area contributed by atoms with E-state index >= 15 is 0 Å². The first-order valence-electron chi connectivity index (χ1n) is 9.98. The number of carbonyl (C=O) groups excluding carboxylic acids is 2. The number of rotatable bonds is 7. The summed E-state index contributed by atoms with van der Waals surface area (Å²) in [4.78, 5) is 34.1. The van der Waals surface area contributed by atoms with Crippen molar-refractivity contribution in [2.24, 2.45) is 0 Å². The van der Waals surface area contributed by atoms with Crippen LogP contribution in [-0.4, -0.2) is 28.7 Å². The molecule has 0 saturated carbocycles. The van der Waals surface area contributed by atoms with E-state index in [0.717, 1.165) is 5.56 Å². The Hall–Kier alpha value is -3.12. The number of benzene rings is 1. The lowest BCUT2D eigenvalue weighted by Crippen LogP contribution is -2.26. The zero-order chi connectivity index (χ0) is 22.5. The lowest BCUT2D eigenvalue weighted by molar-refractivity contribution is -0.118. The number of aryl methyl sites for hydroxylation is 1. The summed E-state index contributed by atoms with van der Waals surface area (Å²) in [5.41, 5.74) is 3.09. The monoisotopic (exact) mass is 439 g/mol. The molecule has 2 aromatic heterocycles. The fraction of sp³-hybridized carbons (Fsp3) is 0.250. The van der Waals surface area contributed by atoms with E-state index in [-0.39, 0.29) is 23.8 Å². The average molecular weight is 440 g/mol. The van der Waals surface area contributed by atoms with E-state index in [1.807, 2.05) is 6.07 Å². The van der Waals surface area contributed by atoms with Gasteiger partial charge in [-0.05, 0) is 48.7 Å². The Kier molecular flexibility index (Phi) is 7.13. The number of hydrogen-bond acceptors (Lipinski definition) is 4. The Labute approximate surface area is 185 Å². The van der Waals surface area contributed by atoms with Gasteiger partial charge in [0.1, 0.15) is 11.0 Å². The average Bonchev–Trinajstić information content (AvgIpc) is 2.79. The molecule has 31 heavy (non-hydrogen) atoms. The molecule has 3 aromatic rings. The van der Waals surface area contributed by atoms with Gasteiger partial charge in [-0.15, -0.1) is 0 Å².